The Balaban J connectivity index is 1.17. The Kier molecular flexibility index (Phi) is 9.51. The number of hydrogen-bond acceptors (Lipinski definition) is 9. The number of thioether (sulfide) groups is 1. The van der Waals surface area contributed by atoms with Crippen LogP contribution in [0, 0.1) is 0 Å². The zero-order chi connectivity index (χ0) is 31.2. The number of fused-ring (bicyclic) bond motifs is 2. The number of aromatic nitrogens is 2. The van der Waals surface area contributed by atoms with E-state index < -0.39 is 0 Å². The molecule has 12 heteroatoms. The minimum Gasteiger partial charge on any atom is -0.454 e. The Bertz CT molecular complexity index is 1720. The first kappa shape index (κ1) is 30.5. The molecule has 2 aliphatic heterocycles. The summed E-state index contributed by atoms with van der Waals surface area (Å²) >= 11 is 1.20. The Morgan fingerprint density at radius 3 is 2.44 bits per heavy atom. The molecule has 3 aromatic carbocycles. The molecule has 11 nitrogen and oxygen atoms in total. The van der Waals surface area contributed by atoms with Gasteiger partial charge in [0.25, 0.3) is 11.5 Å². The molecule has 0 unspecified atom stereocenters. The third-order valence-electron chi connectivity index (χ3n) is 7.82. The molecule has 0 aliphatic carbocycles. The summed E-state index contributed by atoms with van der Waals surface area (Å²) < 4.78 is 17.6. The summed E-state index contributed by atoms with van der Waals surface area (Å²) in [4.78, 5) is 48.5. The van der Waals surface area contributed by atoms with Gasteiger partial charge in [-0.15, -0.1) is 0 Å². The number of anilines is 1. The molecule has 0 saturated carbocycles. The van der Waals surface area contributed by atoms with Gasteiger partial charge in [0.05, 0.1) is 23.2 Å². The summed E-state index contributed by atoms with van der Waals surface area (Å²) in [5, 5.41) is 3.68. The van der Waals surface area contributed by atoms with E-state index in [-0.39, 0.29) is 36.5 Å². The minimum atomic E-state index is -0.252. The summed E-state index contributed by atoms with van der Waals surface area (Å²) in [5.41, 5.74) is 2.81. The molecule has 2 aliphatic rings. The lowest BCUT2D eigenvalue weighted by Crippen LogP contribution is -2.48. The molecule has 0 atom stereocenters. The Morgan fingerprint density at radius 1 is 0.978 bits per heavy atom. The third-order valence-corrected chi connectivity index (χ3v) is 8.80. The Hall–Kier alpha value is -4.55. The van der Waals surface area contributed by atoms with Crippen LogP contribution in [0.15, 0.2) is 76.7 Å². The highest BCUT2D eigenvalue weighted by Gasteiger charge is 2.23. The van der Waals surface area contributed by atoms with Gasteiger partial charge in [0.2, 0.25) is 12.7 Å². The van der Waals surface area contributed by atoms with Gasteiger partial charge in [-0.25, -0.2) is 4.98 Å². The second kappa shape index (κ2) is 14.0. The van der Waals surface area contributed by atoms with Crippen LogP contribution >= 0.6 is 11.8 Å². The molecule has 1 N–H and O–H groups in total. The van der Waals surface area contributed by atoms with Gasteiger partial charge < -0.3 is 29.3 Å². The lowest BCUT2D eigenvalue weighted by Gasteiger charge is -2.36. The van der Waals surface area contributed by atoms with E-state index in [0.717, 1.165) is 24.3 Å². The van der Waals surface area contributed by atoms with Crippen molar-refractivity contribution in [3.8, 4) is 11.5 Å². The van der Waals surface area contributed by atoms with Crippen molar-refractivity contribution in [1.82, 2.24) is 19.8 Å². The number of benzene rings is 3. The number of ether oxygens (including phenoxy) is 3. The maximum atomic E-state index is 13.8. The molecular weight excluding hydrogens is 594 g/mol. The number of rotatable bonds is 11. The maximum absolute atomic E-state index is 13.8. The van der Waals surface area contributed by atoms with Crippen LogP contribution in [0.25, 0.3) is 10.9 Å². The van der Waals surface area contributed by atoms with Crippen LogP contribution in [0.5, 0.6) is 11.5 Å². The van der Waals surface area contributed by atoms with E-state index >= 15 is 0 Å². The van der Waals surface area contributed by atoms with Crippen LogP contribution in [0.4, 0.5) is 5.69 Å². The van der Waals surface area contributed by atoms with Crippen molar-refractivity contribution in [1.29, 1.82) is 0 Å². The average Bonchev–Trinajstić information content (AvgIpc) is 3.54. The SMILES string of the molecule is COCCCNC(=O)CSc1nc2cc3c(cc2c(=O)n1Cc1ccc(C(=O)N2CCN(c4ccccc4)CC2)cc1)OCO3. The number of piperazine rings is 1. The van der Waals surface area contributed by atoms with Crippen LogP contribution < -0.4 is 25.2 Å². The van der Waals surface area contributed by atoms with Crippen molar-refractivity contribution >= 4 is 40.2 Å². The summed E-state index contributed by atoms with van der Waals surface area (Å²) in [6.07, 6.45) is 0.710. The number of nitrogens with one attached hydrogen (secondary N) is 1. The average molecular weight is 630 g/mol. The lowest BCUT2D eigenvalue weighted by atomic mass is 10.1. The number of para-hydroxylation sites is 1. The fourth-order valence-corrected chi connectivity index (χ4v) is 6.22. The number of amides is 2. The van der Waals surface area contributed by atoms with E-state index in [4.69, 9.17) is 19.2 Å². The van der Waals surface area contributed by atoms with E-state index in [9.17, 15) is 14.4 Å². The molecule has 1 aromatic heterocycles. The number of hydrogen-bond donors (Lipinski definition) is 1. The molecule has 0 radical (unpaired) electrons. The predicted molar refractivity (Wildman–Crippen MR) is 172 cm³/mol. The van der Waals surface area contributed by atoms with Gasteiger partial charge in [-0.3, -0.25) is 19.0 Å². The number of carbonyl (C=O) groups is 2. The van der Waals surface area contributed by atoms with Crippen molar-refractivity contribution < 1.29 is 23.8 Å². The minimum absolute atomic E-state index is 0.0115. The van der Waals surface area contributed by atoms with Gasteiger partial charge in [-0.2, -0.15) is 0 Å². The number of nitrogens with zero attached hydrogens (tertiary/aromatic N) is 4. The first-order valence-corrected chi connectivity index (χ1v) is 15.9. The highest BCUT2D eigenvalue weighted by Crippen LogP contribution is 2.35. The van der Waals surface area contributed by atoms with E-state index in [2.05, 4.69) is 22.3 Å². The van der Waals surface area contributed by atoms with Crippen LogP contribution in [0.1, 0.15) is 22.3 Å². The normalized spacial score (nSPS) is 14.2. The van der Waals surface area contributed by atoms with Crippen LogP contribution in [-0.4, -0.2) is 85.3 Å². The maximum Gasteiger partial charge on any atom is 0.262 e. The van der Waals surface area contributed by atoms with Crippen molar-refractivity contribution in [2.75, 3.05) is 63.9 Å². The molecule has 0 bridgehead atoms. The van der Waals surface area contributed by atoms with Gasteiger partial charge in [0.15, 0.2) is 16.7 Å². The van der Waals surface area contributed by atoms with Crippen molar-refractivity contribution in [2.45, 2.75) is 18.1 Å². The smallest absolute Gasteiger partial charge is 0.262 e. The van der Waals surface area contributed by atoms with E-state index in [0.29, 0.717) is 65.8 Å². The third kappa shape index (κ3) is 7.07. The van der Waals surface area contributed by atoms with Gasteiger partial charge >= 0.3 is 0 Å². The van der Waals surface area contributed by atoms with Crippen LogP contribution in [-0.2, 0) is 16.1 Å². The molecule has 234 valence electrons. The van der Waals surface area contributed by atoms with E-state index in [1.807, 2.05) is 35.2 Å². The second-order valence-electron chi connectivity index (χ2n) is 10.8. The zero-order valence-corrected chi connectivity index (χ0v) is 25.9. The van der Waals surface area contributed by atoms with Crippen molar-refractivity contribution in [3.63, 3.8) is 0 Å². The second-order valence-corrected chi connectivity index (χ2v) is 11.7. The number of carbonyl (C=O) groups excluding carboxylic acids is 2. The lowest BCUT2D eigenvalue weighted by molar-refractivity contribution is -0.118. The molecule has 3 heterocycles. The summed E-state index contributed by atoms with van der Waals surface area (Å²) in [5.74, 6) is 0.954. The monoisotopic (exact) mass is 629 g/mol. The van der Waals surface area contributed by atoms with E-state index in [1.54, 1.807) is 35.9 Å². The fraction of sp³-hybridized carbons (Fsp3) is 0.333. The van der Waals surface area contributed by atoms with E-state index in [1.165, 1.54) is 11.8 Å². The summed E-state index contributed by atoms with van der Waals surface area (Å²) in [7, 11) is 1.62. The molecular formula is C33H35N5O6S. The van der Waals surface area contributed by atoms with Gasteiger partial charge in [-0.05, 0) is 42.3 Å². The molecule has 0 spiro atoms. The summed E-state index contributed by atoms with van der Waals surface area (Å²) in [6.45, 7) is 4.21. The first-order chi connectivity index (χ1) is 22.0. The molecule has 2 amide bonds. The molecule has 1 fully saturated rings. The quantitative estimate of drug-likeness (QED) is 0.152. The van der Waals surface area contributed by atoms with Gasteiger partial charge in [-0.1, -0.05) is 42.1 Å². The standard InChI is InChI=1S/C33H35N5O6S/c1-42-17-5-12-34-30(39)21-45-33-35-27-19-29-28(43-22-44-29)18-26(27)32(41)38(33)20-23-8-10-24(11-9-23)31(40)37-15-13-36(14-16-37)25-6-3-2-4-7-25/h2-4,6-11,18-19H,5,12-17,20-22H2,1H3,(H,34,39). The first-order valence-electron chi connectivity index (χ1n) is 14.9. The number of methoxy groups -OCH3 is 1. The van der Waals surface area contributed by atoms with Crippen molar-refractivity contribution in [2.24, 2.45) is 0 Å². The van der Waals surface area contributed by atoms with Gasteiger partial charge in [0.1, 0.15) is 0 Å². The Morgan fingerprint density at radius 2 is 1.71 bits per heavy atom. The highest BCUT2D eigenvalue weighted by atomic mass is 32.2. The molecule has 1 saturated heterocycles. The van der Waals surface area contributed by atoms with Crippen LogP contribution in [0.2, 0.25) is 0 Å². The Labute approximate surface area is 265 Å². The topological polar surface area (TPSA) is 115 Å². The zero-order valence-electron chi connectivity index (χ0n) is 25.1. The molecule has 45 heavy (non-hydrogen) atoms. The summed E-state index contributed by atoms with van der Waals surface area (Å²) in [6, 6.07) is 20.9. The largest absolute Gasteiger partial charge is 0.454 e. The highest BCUT2D eigenvalue weighted by molar-refractivity contribution is 7.99. The molecule has 4 aromatic rings. The van der Waals surface area contributed by atoms with Crippen molar-refractivity contribution in [3.05, 3.63) is 88.2 Å². The molecule has 6 rings (SSSR count). The predicted octanol–water partition coefficient (Wildman–Crippen LogP) is 3.38. The van der Waals surface area contributed by atoms with Gasteiger partial charge in [0, 0.05) is 63.8 Å². The van der Waals surface area contributed by atoms with Crippen LogP contribution in [0.3, 0.4) is 0 Å². The fourth-order valence-electron chi connectivity index (χ4n) is 5.39.